The number of hydrogen-bond donors (Lipinski definition) is 2. The molecule has 1 atom stereocenters. The fraction of sp³-hybridized carbons (Fsp3) is 0.526. The molecule has 1 unspecified atom stereocenters. The predicted molar refractivity (Wildman–Crippen MR) is 100 cm³/mol. The summed E-state index contributed by atoms with van der Waals surface area (Å²) in [5, 5.41) is 7.12. The molecule has 0 aliphatic heterocycles. The van der Waals surface area contributed by atoms with Crippen molar-refractivity contribution >= 4 is 5.91 Å². The van der Waals surface area contributed by atoms with Crippen LogP contribution in [0.1, 0.15) is 67.6 Å². The molecule has 1 amide bonds. The lowest BCUT2D eigenvalue weighted by Crippen LogP contribution is -2.40. The third-order valence-electron chi connectivity index (χ3n) is 4.42. The van der Waals surface area contributed by atoms with E-state index in [0.29, 0.717) is 17.8 Å². The average Bonchev–Trinajstić information content (AvgIpc) is 3.10. The molecule has 2 heterocycles. The summed E-state index contributed by atoms with van der Waals surface area (Å²) in [5.41, 5.74) is 5.85. The molecule has 2 aromatic heterocycles. The largest absolute Gasteiger partial charge is 0.417 e. The van der Waals surface area contributed by atoms with Crippen molar-refractivity contribution in [1.29, 1.82) is 0 Å². The molecule has 0 saturated heterocycles. The minimum Gasteiger partial charge on any atom is -0.348 e. The van der Waals surface area contributed by atoms with E-state index >= 15 is 0 Å². The number of nitrogens with one attached hydrogen (secondary N) is 1. The lowest BCUT2D eigenvalue weighted by atomic mass is 10.0. The monoisotopic (exact) mass is 397 g/mol. The predicted octanol–water partition coefficient (Wildman–Crippen LogP) is 3.66. The molecular formula is C19H26F3N5O. The highest BCUT2D eigenvalue weighted by Crippen LogP contribution is 2.29. The number of hydrogen-bond acceptors (Lipinski definition) is 4. The van der Waals surface area contributed by atoms with Gasteiger partial charge in [0.25, 0.3) is 5.91 Å². The van der Waals surface area contributed by atoms with Crippen LogP contribution in [0.2, 0.25) is 0 Å². The van der Waals surface area contributed by atoms with Crippen molar-refractivity contribution in [3.8, 4) is 5.82 Å². The van der Waals surface area contributed by atoms with Gasteiger partial charge in [0, 0.05) is 18.8 Å². The lowest BCUT2D eigenvalue weighted by molar-refractivity contribution is -0.137. The van der Waals surface area contributed by atoms with Gasteiger partial charge in [-0.05, 0) is 24.5 Å². The molecule has 3 N–H and O–H groups in total. The van der Waals surface area contributed by atoms with Crippen LogP contribution in [0.25, 0.3) is 5.82 Å². The molecule has 0 bridgehead atoms. The van der Waals surface area contributed by atoms with Crippen molar-refractivity contribution in [2.24, 2.45) is 5.73 Å². The number of rotatable bonds is 8. The second-order valence-corrected chi connectivity index (χ2v) is 6.96. The standard InChI is InChI=1S/C19H26F3N5O/c1-4-5-6-14(9-23)26-18(28)15-11-25-27(17(15)12(2)3)16-8-7-13(10-24-16)19(20,21)22/h7-8,10-12,14H,4-6,9,23H2,1-3H3,(H,26,28). The van der Waals surface area contributed by atoms with Crippen molar-refractivity contribution in [3.05, 3.63) is 41.3 Å². The van der Waals surface area contributed by atoms with Gasteiger partial charge in [0.2, 0.25) is 0 Å². The number of carbonyl (C=O) groups is 1. The number of nitrogens with zero attached hydrogens (tertiary/aromatic N) is 3. The minimum atomic E-state index is -4.46. The number of amides is 1. The Morgan fingerprint density at radius 1 is 1.29 bits per heavy atom. The first-order valence-corrected chi connectivity index (χ1v) is 9.31. The SMILES string of the molecule is CCCCC(CN)NC(=O)c1cnn(-c2ccc(C(F)(F)F)cn2)c1C(C)C. The topological polar surface area (TPSA) is 85.8 Å². The van der Waals surface area contributed by atoms with Crippen LogP contribution in [-0.4, -0.2) is 33.3 Å². The number of halogens is 3. The van der Waals surface area contributed by atoms with E-state index in [9.17, 15) is 18.0 Å². The zero-order valence-corrected chi connectivity index (χ0v) is 16.3. The van der Waals surface area contributed by atoms with E-state index in [4.69, 9.17) is 5.73 Å². The third kappa shape index (κ3) is 5.09. The maximum atomic E-state index is 12.8. The van der Waals surface area contributed by atoms with Crippen molar-refractivity contribution in [1.82, 2.24) is 20.1 Å². The Balaban J connectivity index is 2.32. The maximum Gasteiger partial charge on any atom is 0.417 e. The second kappa shape index (κ2) is 9.18. The fourth-order valence-electron chi connectivity index (χ4n) is 2.91. The quantitative estimate of drug-likeness (QED) is 0.712. The van der Waals surface area contributed by atoms with Gasteiger partial charge in [-0.25, -0.2) is 9.67 Å². The van der Waals surface area contributed by atoms with Gasteiger partial charge in [-0.2, -0.15) is 18.3 Å². The highest BCUT2D eigenvalue weighted by atomic mass is 19.4. The molecule has 2 rings (SSSR count). The van der Waals surface area contributed by atoms with Gasteiger partial charge in [0.15, 0.2) is 5.82 Å². The van der Waals surface area contributed by atoms with Gasteiger partial charge in [0.1, 0.15) is 0 Å². The highest BCUT2D eigenvalue weighted by molar-refractivity contribution is 5.95. The molecule has 6 nitrogen and oxygen atoms in total. The fourth-order valence-corrected chi connectivity index (χ4v) is 2.91. The van der Waals surface area contributed by atoms with Crippen LogP contribution in [0.5, 0.6) is 0 Å². The zero-order chi connectivity index (χ0) is 20.9. The summed E-state index contributed by atoms with van der Waals surface area (Å²) in [6, 6.07) is 2.05. The van der Waals surface area contributed by atoms with E-state index in [-0.39, 0.29) is 23.7 Å². The molecule has 154 valence electrons. The number of pyridine rings is 1. The Bertz CT molecular complexity index is 784. The van der Waals surface area contributed by atoms with E-state index in [1.165, 1.54) is 16.9 Å². The van der Waals surface area contributed by atoms with Crippen LogP contribution >= 0.6 is 0 Å². The normalized spacial score (nSPS) is 13.0. The van der Waals surface area contributed by atoms with Crippen molar-refractivity contribution in [2.75, 3.05) is 6.54 Å². The Morgan fingerprint density at radius 3 is 2.50 bits per heavy atom. The first-order chi connectivity index (χ1) is 13.2. The van der Waals surface area contributed by atoms with Crippen molar-refractivity contribution in [2.45, 2.75) is 58.2 Å². The Morgan fingerprint density at radius 2 is 2.00 bits per heavy atom. The van der Waals surface area contributed by atoms with Gasteiger partial charge in [-0.3, -0.25) is 4.79 Å². The molecule has 28 heavy (non-hydrogen) atoms. The van der Waals surface area contributed by atoms with Crippen LogP contribution < -0.4 is 11.1 Å². The molecule has 0 saturated carbocycles. The summed E-state index contributed by atoms with van der Waals surface area (Å²) in [6.07, 6.45) is 0.449. The highest BCUT2D eigenvalue weighted by Gasteiger charge is 2.31. The van der Waals surface area contributed by atoms with E-state index in [1.807, 2.05) is 13.8 Å². The number of carbonyl (C=O) groups excluding carboxylic acids is 1. The molecule has 0 spiro atoms. The molecule has 0 fully saturated rings. The van der Waals surface area contributed by atoms with Crippen molar-refractivity contribution < 1.29 is 18.0 Å². The van der Waals surface area contributed by atoms with Crippen LogP contribution in [0, 0.1) is 0 Å². The van der Waals surface area contributed by atoms with E-state index in [1.54, 1.807) is 0 Å². The van der Waals surface area contributed by atoms with Gasteiger partial charge >= 0.3 is 6.18 Å². The van der Waals surface area contributed by atoms with E-state index in [0.717, 1.165) is 31.5 Å². The number of nitrogens with two attached hydrogens (primary N) is 1. The van der Waals surface area contributed by atoms with E-state index < -0.39 is 11.7 Å². The molecular weight excluding hydrogens is 371 g/mol. The first kappa shape index (κ1) is 21.9. The Labute approximate surface area is 162 Å². The molecule has 2 aromatic rings. The Hall–Kier alpha value is -2.42. The average molecular weight is 397 g/mol. The molecule has 0 aliphatic carbocycles. The second-order valence-electron chi connectivity index (χ2n) is 6.96. The molecule has 0 radical (unpaired) electrons. The van der Waals surface area contributed by atoms with Crippen LogP contribution in [0.4, 0.5) is 13.2 Å². The van der Waals surface area contributed by atoms with Crippen LogP contribution in [0.15, 0.2) is 24.5 Å². The van der Waals surface area contributed by atoms with Crippen LogP contribution in [0.3, 0.4) is 0 Å². The summed E-state index contributed by atoms with van der Waals surface area (Å²) in [7, 11) is 0. The number of alkyl halides is 3. The smallest absolute Gasteiger partial charge is 0.348 e. The summed E-state index contributed by atoms with van der Waals surface area (Å²) in [5.74, 6) is -0.176. The first-order valence-electron chi connectivity index (χ1n) is 9.31. The summed E-state index contributed by atoms with van der Waals surface area (Å²) < 4.78 is 39.7. The summed E-state index contributed by atoms with van der Waals surface area (Å²) in [6.45, 7) is 6.16. The summed E-state index contributed by atoms with van der Waals surface area (Å²) >= 11 is 0. The maximum absolute atomic E-state index is 12.8. The third-order valence-corrected chi connectivity index (χ3v) is 4.42. The molecule has 0 aromatic carbocycles. The van der Waals surface area contributed by atoms with Gasteiger partial charge in [-0.15, -0.1) is 0 Å². The molecule has 9 heteroatoms. The number of aromatic nitrogens is 3. The van der Waals surface area contributed by atoms with E-state index in [2.05, 4.69) is 22.3 Å². The zero-order valence-electron chi connectivity index (χ0n) is 16.3. The van der Waals surface area contributed by atoms with Crippen molar-refractivity contribution in [3.63, 3.8) is 0 Å². The Kier molecular flexibility index (Phi) is 7.17. The molecule has 0 aliphatic rings. The number of unbranched alkanes of at least 4 members (excludes halogenated alkanes) is 1. The summed E-state index contributed by atoms with van der Waals surface area (Å²) in [4.78, 5) is 16.6. The lowest BCUT2D eigenvalue weighted by Gasteiger charge is -2.17. The van der Waals surface area contributed by atoms with Gasteiger partial charge in [-0.1, -0.05) is 33.6 Å². The van der Waals surface area contributed by atoms with Crippen LogP contribution in [-0.2, 0) is 6.18 Å². The van der Waals surface area contributed by atoms with Gasteiger partial charge in [0.05, 0.1) is 23.0 Å². The minimum absolute atomic E-state index is 0.0979. The van der Waals surface area contributed by atoms with Gasteiger partial charge < -0.3 is 11.1 Å².